The molecule has 0 aliphatic heterocycles. The minimum Gasteiger partial charge on any atom is -0.392 e. The SMILES string of the molecule is CC(NCCc1ccc(CO)cc1)c1ccc(S(C)=O)cc1. The van der Waals surface area contributed by atoms with Gasteiger partial charge in [0.1, 0.15) is 0 Å². The van der Waals surface area contributed by atoms with Crippen molar-refractivity contribution in [3.05, 3.63) is 65.2 Å². The van der Waals surface area contributed by atoms with Gasteiger partial charge >= 0.3 is 0 Å². The smallest absolute Gasteiger partial charge is 0.0681 e. The molecule has 0 aliphatic rings. The molecule has 0 aromatic heterocycles. The molecule has 22 heavy (non-hydrogen) atoms. The van der Waals surface area contributed by atoms with Crippen LogP contribution in [-0.4, -0.2) is 22.1 Å². The Kier molecular flexibility index (Phi) is 6.31. The van der Waals surface area contributed by atoms with Gasteiger partial charge in [-0.2, -0.15) is 0 Å². The Morgan fingerprint density at radius 2 is 1.64 bits per heavy atom. The molecule has 0 bridgehead atoms. The number of benzene rings is 2. The Morgan fingerprint density at radius 3 is 2.18 bits per heavy atom. The predicted octanol–water partition coefficient (Wildman–Crippen LogP) is 2.81. The lowest BCUT2D eigenvalue weighted by Crippen LogP contribution is -2.21. The molecule has 2 N–H and O–H groups in total. The summed E-state index contributed by atoms with van der Waals surface area (Å²) in [4.78, 5) is 0.861. The van der Waals surface area contributed by atoms with E-state index in [1.165, 1.54) is 11.1 Å². The van der Waals surface area contributed by atoms with Crippen molar-refractivity contribution in [1.29, 1.82) is 0 Å². The van der Waals surface area contributed by atoms with Crippen LogP contribution in [0.3, 0.4) is 0 Å². The molecular formula is C18H23NO2S. The van der Waals surface area contributed by atoms with E-state index in [-0.39, 0.29) is 12.6 Å². The molecule has 0 heterocycles. The largest absolute Gasteiger partial charge is 0.392 e. The summed E-state index contributed by atoms with van der Waals surface area (Å²) in [5, 5.41) is 12.5. The van der Waals surface area contributed by atoms with Crippen molar-refractivity contribution in [3.63, 3.8) is 0 Å². The van der Waals surface area contributed by atoms with Crippen LogP contribution in [-0.2, 0) is 23.8 Å². The second-order valence-electron chi connectivity index (χ2n) is 5.42. The number of hydrogen-bond acceptors (Lipinski definition) is 3. The van der Waals surface area contributed by atoms with Crippen molar-refractivity contribution in [3.8, 4) is 0 Å². The fourth-order valence-corrected chi connectivity index (χ4v) is 2.83. The van der Waals surface area contributed by atoms with Crippen molar-refractivity contribution in [2.45, 2.75) is 30.9 Å². The van der Waals surface area contributed by atoms with Crippen LogP contribution in [0.2, 0.25) is 0 Å². The van der Waals surface area contributed by atoms with E-state index in [1.54, 1.807) is 6.26 Å². The van der Waals surface area contributed by atoms with E-state index in [4.69, 9.17) is 5.11 Å². The van der Waals surface area contributed by atoms with Crippen LogP contribution in [0.15, 0.2) is 53.4 Å². The van der Waals surface area contributed by atoms with Gasteiger partial charge in [-0.25, -0.2) is 0 Å². The standard InChI is InChI=1S/C18H23NO2S/c1-14(17-7-9-18(10-8-17)22(2)21)19-12-11-15-3-5-16(13-20)6-4-15/h3-10,14,19-20H,11-13H2,1-2H3. The molecule has 0 radical (unpaired) electrons. The highest BCUT2D eigenvalue weighted by Gasteiger charge is 2.05. The fraction of sp³-hybridized carbons (Fsp3) is 0.333. The van der Waals surface area contributed by atoms with E-state index in [1.807, 2.05) is 36.4 Å². The lowest BCUT2D eigenvalue weighted by atomic mass is 10.1. The van der Waals surface area contributed by atoms with Crippen LogP contribution >= 0.6 is 0 Å². The topological polar surface area (TPSA) is 49.3 Å². The molecule has 0 spiro atoms. The molecule has 0 amide bonds. The zero-order valence-corrected chi connectivity index (χ0v) is 13.9. The third-order valence-electron chi connectivity index (χ3n) is 3.78. The molecule has 0 fully saturated rings. The summed E-state index contributed by atoms with van der Waals surface area (Å²) in [6.07, 6.45) is 2.64. The number of aliphatic hydroxyl groups is 1. The highest BCUT2D eigenvalue weighted by molar-refractivity contribution is 7.84. The van der Waals surface area contributed by atoms with Crippen LogP contribution in [0, 0.1) is 0 Å². The molecule has 118 valence electrons. The first-order valence-electron chi connectivity index (χ1n) is 7.45. The average Bonchev–Trinajstić information content (AvgIpc) is 2.55. The summed E-state index contributed by atoms with van der Waals surface area (Å²) in [5.74, 6) is 0. The predicted molar refractivity (Wildman–Crippen MR) is 91.3 cm³/mol. The second-order valence-corrected chi connectivity index (χ2v) is 6.80. The highest BCUT2D eigenvalue weighted by atomic mass is 32.2. The molecule has 2 unspecified atom stereocenters. The first-order valence-corrected chi connectivity index (χ1v) is 9.01. The fourth-order valence-electron chi connectivity index (χ4n) is 2.31. The second kappa shape index (κ2) is 8.22. The Bertz CT molecular complexity index is 608. The third kappa shape index (κ3) is 4.77. The summed E-state index contributed by atoms with van der Waals surface area (Å²) in [6.45, 7) is 3.11. The number of nitrogens with one attached hydrogen (secondary N) is 1. The van der Waals surface area contributed by atoms with E-state index >= 15 is 0 Å². The van der Waals surface area contributed by atoms with Crippen LogP contribution in [0.4, 0.5) is 0 Å². The zero-order valence-electron chi connectivity index (χ0n) is 13.1. The third-order valence-corrected chi connectivity index (χ3v) is 4.72. The van der Waals surface area contributed by atoms with Gasteiger partial charge in [0.2, 0.25) is 0 Å². The quantitative estimate of drug-likeness (QED) is 0.825. The van der Waals surface area contributed by atoms with Gasteiger partial charge in [0, 0.05) is 28.0 Å². The lowest BCUT2D eigenvalue weighted by Gasteiger charge is -2.14. The molecule has 2 rings (SSSR count). The van der Waals surface area contributed by atoms with Crippen LogP contribution in [0.1, 0.15) is 29.7 Å². The maximum Gasteiger partial charge on any atom is 0.0681 e. The van der Waals surface area contributed by atoms with E-state index < -0.39 is 10.8 Å². The van der Waals surface area contributed by atoms with E-state index in [2.05, 4.69) is 24.4 Å². The lowest BCUT2D eigenvalue weighted by molar-refractivity contribution is 0.282. The molecule has 0 saturated heterocycles. The van der Waals surface area contributed by atoms with Crippen LogP contribution in [0.5, 0.6) is 0 Å². The van der Waals surface area contributed by atoms with Gasteiger partial charge in [-0.05, 0) is 48.7 Å². The van der Waals surface area contributed by atoms with E-state index in [0.29, 0.717) is 0 Å². The van der Waals surface area contributed by atoms with Gasteiger partial charge < -0.3 is 10.4 Å². The van der Waals surface area contributed by atoms with E-state index in [0.717, 1.165) is 23.4 Å². The summed E-state index contributed by atoms with van der Waals surface area (Å²) >= 11 is 0. The Hall–Kier alpha value is -1.49. The van der Waals surface area contributed by atoms with Gasteiger partial charge in [-0.15, -0.1) is 0 Å². The first kappa shape index (κ1) is 16.9. The van der Waals surface area contributed by atoms with Gasteiger partial charge in [-0.1, -0.05) is 36.4 Å². The minimum atomic E-state index is -0.922. The van der Waals surface area contributed by atoms with Gasteiger partial charge in [0.15, 0.2) is 0 Å². The Balaban J connectivity index is 1.83. The molecule has 0 saturated carbocycles. The molecule has 3 nitrogen and oxygen atoms in total. The molecule has 4 heteroatoms. The highest BCUT2D eigenvalue weighted by Crippen LogP contribution is 2.15. The average molecular weight is 317 g/mol. The summed E-state index contributed by atoms with van der Waals surface area (Å²) in [6, 6.07) is 16.2. The molecular weight excluding hydrogens is 294 g/mol. The van der Waals surface area contributed by atoms with Crippen molar-refractivity contribution < 1.29 is 9.32 Å². The molecule has 0 aliphatic carbocycles. The normalized spacial score (nSPS) is 13.8. The minimum absolute atomic E-state index is 0.0914. The Morgan fingerprint density at radius 1 is 1.05 bits per heavy atom. The Labute approximate surface area is 134 Å². The van der Waals surface area contributed by atoms with Crippen LogP contribution in [0.25, 0.3) is 0 Å². The molecule has 2 aromatic rings. The summed E-state index contributed by atoms with van der Waals surface area (Å²) in [5.41, 5.74) is 3.40. The van der Waals surface area contributed by atoms with E-state index in [9.17, 15) is 4.21 Å². The van der Waals surface area contributed by atoms with Gasteiger partial charge in [0.25, 0.3) is 0 Å². The molecule has 2 atom stereocenters. The van der Waals surface area contributed by atoms with Crippen molar-refractivity contribution >= 4 is 10.8 Å². The summed E-state index contributed by atoms with van der Waals surface area (Å²) < 4.78 is 11.4. The van der Waals surface area contributed by atoms with Crippen molar-refractivity contribution in [2.75, 3.05) is 12.8 Å². The van der Waals surface area contributed by atoms with Crippen molar-refractivity contribution in [1.82, 2.24) is 5.32 Å². The molecule has 2 aromatic carbocycles. The monoisotopic (exact) mass is 317 g/mol. The zero-order chi connectivity index (χ0) is 15.9. The van der Waals surface area contributed by atoms with Gasteiger partial charge in [-0.3, -0.25) is 4.21 Å². The maximum atomic E-state index is 11.4. The number of aliphatic hydroxyl groups excluding tert-OH is 1. The summed E-state index contributed by atoms with van der Waals surface area (Å²) in [7, 11) is -0.922. The first-order chi connectivity index (χ1) is 10.6. The number of rotatable bonds is 7. The van der Waals surface area contributed by atoms with Gasteiger partial charge in [0.05, 0.1) is 6.61 Å². The van der Waals surface area contributed by atoms with Crippen molar-refractivity contribution in [2.24, 2.45) is 0 Å². The maximum absolute atomic E-state index is 11.4. The van der Waals surface area contributed by atoms with Crippen LogP contribution < -0.4 is 5.32 Å². The number of hydrogen-bond donors (Lipinski definition) is 2.